The van der Waals surface area contributed by atoms with Gasteiger partial charge in [0.05, 0.1) is 11.3 Å². The third-order valence-electron chi connectivity index (χ3n) is 5.77. The molecule has 0 aliphatic carbocycles. The molecule has 0 radical (unpaired) electrons. The van der Waals surface area contributed by atoms with Crippen molar-refractivity contribution < 1.29 is 23.9 Å². The van der Waals surface area contributed by atoms with Gasteiger partial charge < -0.3 is 25.8 Å². The van der Waals surface area contributed by atoms with Gasteiger partial charge in [0, 0.05) is 37.9 Å². The Morgan fingerprint density at radius 2 is 1.77 bits per heavy atom. The maximum absolute atomic E-state index is 12.9. The summed E-state index contributed by atoms with van der Waals surface area (Å²) in [6, 6.07) is 7.00. The first kappa shape index (κ1) is 31.6. The Kier molecular flexibility index (Phi) is 11.7. The molecule has 10 nitrogen and oxygen atoms in total. The van der Waals surface area contributed by atoms with E-state index in [2.05, 4.69) is 27.4 Å². The average Bonchev–Trinajstić information content (AvgIpc) is 2.83. The molecule has 2 aromatic rings. The predicted octanol–water partition coefficient (Wildman–Crippen LogP) is 3.90. The molecular formula is C29H43N5O5. The number of benzene rings is 1. The molecule has 0 aliphatic rings. The average molecular weight is 542 g/mol. The number of alkyl carbamates (subject to hydrolysis) is 1. The van der Waals surface area contributed by atoms with E-state index in [4.69, 9.17) is 15.2 Å². The number of nitrogens with zero attached hydrogens (tertiary/aromatic N) is 2. The number of hydrogen-bond acceptors (Lipinski definition) is 7. The number of carbonyl (C=O) groups excluding carboxylic acids is 3. The first-order valence-electron chi connectivity index (χ1n) is 13.4. The molecule has 39 heavy (non-hydrogen) atoms. The van der Waals surface area contributed by atoms with E-state index in [0.717, 1.165) is 18.5 Å². The van der Waals surface area contributed by atoms with Crippen LogP contribution in [-0.2, 0) is 4.74 Å². The van der Waals surface area contributed by atoms with Crippen LogP contribution in [0.4, 0.5) is 4.79 Å². The second kappa shape index (κ2) is 14.5. The summed E-state index contributed by atoms with van der Waals surface area (Å²) in [6.07, 6.45) is 1.65. The highest BCUT2D eigenvalue weighted by Gasteiger charge is 2.24. The lowest BCUT2D eigenvalue weighted by atomic mass is 10.0. The Morgan fingerprint density at radius 1 is 1.05 bits per heavy atom. The van der Waals surface area contributed by atoms with Crippen molar-refractivity contribution in [1.82, 2.24) is 20.5 Å². The zero-order valence-corrected chi connectivity index (χ0v) is 24.2. The lowest BCUT2D eigenvalue weighted by Crippen LogP contribution is -2.40. The largest absolute Gasteiger partial charge is 0.482 e. The van der Waals surface area contributed by atoms with Crippen LogP contribution in [0.5, 0.6) is 5.75 Å². The smallest absolute Gasteiger partial charge is 0.407 e. The van der Waals surface area contributed by atoms with Gasteiger partial charge in [0.1, 0.15) is 11.4 Å². The molecule has 0 bridgehead atoms. The number of aromatic nitrogens is 1. The molecule has 0 spiro atoms. The van der Waals surface area contributed by atoms with Gasteiger partial charge in [0.25, 0.3) is 5.91 Å². The van der Waals surface area contributed by atoms with Gasteiger partial charge in [-0.15, -0.1) is 0 Å². The third kappa shape index (κ3) is 10.2. The van der Waals surface area contributed by atoms with E-state index < -0.39 is 23.7 Å². The molecule has 0 fully saturated rings. The monoisotopic (exact) mass is 541 g/mol. The number of nitrogens with two attached hydrogens (primary N) is 1. The van der Waals surface area contributed by atoms with Gasteiger partial charge in [-0.1, -0.05) is 13.0 Å². The van der Waals surface area contributed by atoms with Crippen molar-refractivity contribution in [2.45, 2.75) is 66.6 Å². The highest BCUT2D eigenvalue weighted by Crippen LogP contribution is 2.29. The summed E-state index contributed by atoms with van der Waals surface area (Å²) in [5, 5.41) is 5.58. The van der Waals surface area contributed by atoms with Gasteiger partial charge >= 0.3 is 6.09 Å². The summed E-state index contributed by atoms with van der Waals surface area (Å²) in [5.41, 5.74) is 7.76. The van der Waals surface area contributed by atoms with Crippen molar-refractivity contribution in [3.05, 3.63) is 58.4 Å². The molecule has 10 heteroatoms. The number of pyridine rings is 1. The van der Waals surface area contributed by atoms with Crippen LogP contribution in [0, 0.1) is 13.8 Å². The summed E-state index contributed by atoms with van der Waals surface area (Å²) in [7, 11) is 0. The molecule has 3 amide bonds. The molecule has 1 aromatic carbocycles. The van der Waals surface area contributed by atoms with E-state index in [1.165, 1.54) is 6.07 Å². The molecular weight excluding hydrogens is 498 g/mol. The Morgan fingerprint density at radius 3 is 2.33 bits per heavy atom. The Hall–Kier alpha value is -3.66. The maximum Gasteiger partial charge on any atom is 0.407 e. The molecule has 0 saturated heterocycles. The second-order valence-corrected chi connectivity index (χ2v) is 10.5. The van der Waals surface area contributed by atoms with Crippen LogP contribution in [0.2, 0.25) is 0 Å². The van der Waals surface area contributed by atoms with Crippen molar-refractivity contribution >= 4 is 17.9 Å². The number of hydrogen-bond donors (Lipinski definition) is 3. The molecule has 214 valence electrons. The summed E-state index contributed by atoms with van der Waals surface area (Å²) in [4.78, 5) is 43.8. The molecule has 1 aromatic heterocycles. The van der Waals surface area contributed by atoms with Crippen molar-refractivity contribution in [2.24, 2.45) is 5.73 Å². The zero-order chi connectivity index (χ0) is 29.2. The number of ether oxygens (including phenoxy) is 2. The molecule has 4 N–H and O–H groups in total. The van der Waals surface area contributed by atoms with E-state index in [0.29, 0.717) is 43.2 Å². The molecule has 1 atom stereocenters. The maximum atomic E-state index is 12.9. The van der Waals surface area contributed by atoms with Gasteiger partial charge in [0.15, 0.2) is 6.10 Å². The van der Waals surface area contributed by atoms with Crippen molar-refractivity contribution in [3.8, 4) is 5.75 Å². The highest BCUT2D eigenvalue weighted by molar-refractivity contribution is 6.02. The standard InChI is InChI=1S/C29H43N5O5/c1-8-13-34(14-12-32-28(37)39-29(5,6)7)18-25(23-11-10-19(3)17-33-23)38-24-15-20(4)21(26(30)35)16-22(24)27(36)31-9-2/h10-11,15-17,25H,8-9,12-14,18H2,1-7H3,(H2,30,35)(H,31,36)(H,32,37). The van der Waals surface area contributed by atoms with E-state index in [9.17, 15) is 14.4 Å². The van der Waals surface area contributed by atoms with Crippen LogP contribution in [0.15, 0.2) is 30.5 Å². The SMILES string of the molecule is CCCN(CCNC(=O)OC(C)(C)C)CC(Oc1cc(C)c(C(N)=O)cc1C(=O)NCC)c1ccc(C)cn1. The lowest BCUT2D eigenvalue weighted by Gasteiger charge is -2.29. The molecule has 0 saturated carbocycles. The van der Waals surface area contributed by atoms with E-state index in [-0.39, 0.29) is 17.0 Å². The number of amides is 3. The first-order valence-corrected chi connectivity index (χ1v) is 13.4. The Labute approximate surface area is 231 Å². The van der Waals surface area contributed by atoms with Crippen molar-refractivity contribution in [3.63, 3.8) is 0 Å². The summed E-state index contributed by atoms with van der Waals surface area (Å²) in [5.74, 6) is -0.648. The number of rotatable bonds is 13. The van der Waals surface area contributed by atoms with Crippen LogP contribution in [0.3, 0.4) is 0 Å². The normalized spacial score (nSPS) is 12.1. The topological polar surface area (TPSA) is 136 Å². The quantitative estimate of drug-likeness (QED) is 0.350. The first-order chi connectivity index (χ1) is 18.3. The van der Waals surface area contributed by atoms with Gasteiger partial charge in [-0.05, 0) is 83.8 Å². The lowest BCUT2D eigenvalue weighted by molar-refractivity contribution is 0.0517. The minimum atomic E-state index is -0.618. The van der Waals surface area contributed by atoms with Gasteiger partial charge in [-0.2, -0.15) is 0 Å². The van der Waals surface area contributed by atoms with Crippen molar-refractivity contribution in [2.75, 3.05) is 32.7 Å². The predicted molar refractivity (Wildman–Crippen MR) is 151 cm³/mol. The number of primary amides is 1. The minimum Gasteiger partial charge on any atom is -0.482 e. The second-order valence-electron chi connectivity index (χ2n) is 10.5. The van der Waals surface area contributed by atoms with E-state index in [1.54, 1.807) is 19.2 Å². The van der Waals surface area contributed by atoms with Crippen LogP contribution in [0.1, 0.15) is 84.7 Å². The fourth-order valence-corrected chi connectivity index (χ4v) is 3.97. The molecule has 1 unspecified atom stereocenters. The zero-order valence-electron chi connectivity index (χ0n) is 24.2. The summed E-state index contributed by atoms with van der Waals surface area (Å²) < 4.78 is 11.8. The van der Waals surface area contributed by atoms with E-state index >= 15 is 0 Å². The number of carbonyl (C=O) groups is 3. The van der Waals surface area contributed by atoms with Crippen LogP contribution < -0.4 is 21.1 Å². The van der Waals surface area contributed by atoms with Crippen LogP contribution in [0.25, 0.3) is 0 Å². The fraction of sp³-hybridized carbons (Fsp3) is 0.517. The van der Waals surface area contributed by atoms with Gasteiger partial charge in [-0.25, -0.2) is 4.79 Å². The third-order valence-corrected chi connectivity index (χ3v) is 5.77. The number of nitrogens with one attached hydrogen (secondary N) is 2. The van der Waals surface area contributed by atoms with Crippen LogP contribution in [-0.4, -0.2) is 66.1 Å². The van der Waals surface area contributed by atoms with E-state index in [1.807, 2.05) is 46.8 Å². The summed E-state index contributed by atoms with van der Waals surface area (Å²) in [6.45, 7) is 15.6. The molecule has 1 heterocycles. The fourth-order valence-electron chi connectivity index (χ4n) is 3.97. The summed E-state index contributed by atoms with van der Waals surface area (Å²) >= 11 is 0. The van der Waals surface area contributed by atoms with Gasteiger partial charge in [0.2, 0.25) is 5.91 Å². The van der Waals surface area contributed by atoms with Gasteiger partial charge in [-0.3, -0.25) is 19.5 Å². The van der Waals surface area contributed by atoms with Crippen molar-refractivity contribution in [1.29, 1.82) is 0 Å². The molecule has 2 rings (SSSR count). The minimum absolute atomic E-state index is 0.224. The Bertz CT molecular complexity index is 1130. The molecule has 0 aliphatic heterocycles. The Balaban J connectivity index is 2.37. The van der Waals surface area contributed by atoms with Crippen LogP contribution >= 0.6 is 0 Å². The number of aryl methyl sites for hydroxylation is 2. The highest BCUT2D eigenvalue weighted by atomic mass is 16.6.